The van der Waals surface area contributed by atoms with Gasteiger partial charge in [0.1, 0.15) is 0 Å². The van der Waals surface area contributed by atoms with Crippen molar-refractivity contribution < 1.29 is 9.59 Å². The molecule has 4 nitrogen and oxygen atoms in total. The van der Waals surface area contributed by atoms with E-state index in [0.717, 1.165) is 5.56 Å². The van der Waals surface area contributed by atoms with Crippen LogP contribution in [-0.2, 0) is 0 Å². The Labute approximate surface area is 156 Å². The van der Waals surface area contributed by atoms with Crippen LogP contribution in [0.5, 0.6) is 0 Å². The van der Waals surface area contributed by atoms with Crippen LogP contribution in [0.15, 0.2) is 42.5 Å². The minimum Gasteiger partial charge on any atom is -0.335 e. The van der Waals surface area contributed by atoms with Crippen LogP contribution in [0.2, 0.25) is 10.0 Å². The van der Waals surface area contributed by atoms with Crippen molar-refractivity contribution in [1.82, 2.24) is 9.80 Å². The summed E-state index contributed by atoms with van der Waals surface area (Å²) < 4.78 is 0. The van der Waals surface area contributed by atoms with Gasteiger partial charge in [-0.15, -0.1) is 0 Å². The first-order valence-electron chi connectivity index (χ1n) is 8.06. The summed E-state index contributed by atoms with van der Waals surface area (Å²) in [5.41, 5.74) is 2.14. The number of aryl methyl sites for hydroxylation is 1. The van der Waals surface area contributed by atoms with Gasteiger partial charge in [-0.3, -0.25) is 9.59 Å². The molecule has 0 atom stereocenters. The SMILES string of the molecule is Cc1ccccc1C(=O)N1CCN(C(=O)c2cc(Cl)cc(Cl)c2)CC1. The van der Waals surface area contributed by atoms with E-state index in [1.165, 1.54) is 0 Å². The summed E-state index contributed by atoms with van der Waals surface area (Å²) in [6, 6.07) is 12.4. The minimum absolute atomic E-state index is 0.0102. The third kappa shape index (κ3) is 3.97. The first-order chi connectivity index (χ1) is 12.0. The zero-order valence-electron chi connectivity index (χ0n) is 13.8. The van der Waals surface area contributed by atoms with Gasteiger partial charge in [0.25, 0.3) is 11.8 Å². The monoisotopic (exact) mass is 376 g/mol. The lowest BCUT2D eigenvalue weighted by molar-refractivity contribution is 0.0535. The Hall–Kier alpha value is -2.04. The van der Waals surface area contributed by atoms with Gasteiger partial charge in [-0.25, -0.2) is 0 Å². The maximum atomic E-state index is 12.6. The highest BCUT2D eigenvalue weighted by Crippen LogP contribution is 2.21. The standard InChI is InChI=1S/C19H18Cl2N2O2/c1-13-4-2-3-5-17(13)19(25)23-8-6-22(7-9-23)18(24)14-10-15(20)12-16(21)11-14/h2-5,10-12H,6-9H2,1H3. The van der Waals surface area contributed by atoms with Gasteiger partial charge in [-0.2, -0.15) is 0 Å². The van der Waals surface area contributed by atoms with Gasteiger partial charge in [-0.1, -0.05) is 41.4 Å². The van der Waals surface area contributed by atoms with E-state index < -0.39 is 0 Å². The molecule has 0 saturated carbocycles. The van der Waals surface area contributed by atoms with Crippen LogP contribution in [0.4, 0.5) is 0 Å². The summed E-state index contributed by atoms with van der Waals surface area (Å²) >= 11 is 11.9. The molecule has 0 bridgehead atoms. The highest BCUT2D eigenvalue weighted by atomic mass is 35.5. The second-order valence-electron chi connectivity index (χ2n) is 6.06. The van der Waals surface area contributed by atoms with Crippen molar-refractivity contribution in [3.63, 3.8) is 0 Å². The molecule has 6 heteroatoms. The average Bonchev–Trinajstić information content (AvgIpc) is 2.60. The predicted molar refractivity (Wildman–Crippen MR) is 99.4 cm³/mol. The fourth-order valence-electron chi connectivity index (χ4n) is 2.96. The molecule has 0 unspecified atom stereocenters. The Bertz CT molecular complexity index is 795. The number of halogens is 2. The molecule has 2 aromatic rings. The molecule has 1 saturated heterocycles. The number of nitrogens with zero attached hydrogens (tertiary/aromatic N) is 2. The molecule has 1 fully saturated rings. The second kappa shape index (κ2) is 7.46. The summed E-state index contributed by atoms with van der Waals surface area (Å²) in [6.07, 6.45) is 0. The molecular weight excluding hydrogens is 359 g/mol. The molecule has 0 N–H and O–H groups in total. The van der Waals surface area contributed by atoms with Crippen LogP contribution in [-0.4, -0.2) is 47.8 Å². The van der Waals surface area contributed by atoms with Crippen LogP contribution < -0.4 is 0 Å². The smallest absolute Gasteiger partial charge is 0.254 e. The van der Waals surface area contributed by atoms with Gasteiger partial charge < -0.3 is 9.80 Å². The van der Waals surface area contributed by atoms with E-state index in [0.29, 0.717) is 47.4 Å². The van der Waals surface area contributed by atoms with E-state index in [4.69, 9.17) is 23.2 Å². The molecule has 1 aliphatic rings. The number of hydrogen-bond acceptors (Lipinski definition) is 2. The molecule has 25 heavy (non-hydrogen) atoms. The Kier molecular flexibility index (Phi) is 5.30. The van der Waals surface area contributed by atoms with Crippen LogP contribution in [0.3, 0.4) is 0 Å². The summed E-state index contributed by atoms with van der Waals surface area (Å²) in [5, 5.41) is 0.869. The van der Waals surface area contributed by atoms with Crippen molar-refractivity contribution in [1.29, 1.82) is 0 Å². The van der Waals surface area contributed by atoms with Crippen molar-refractivity contribution in [2.45, 2.75) is 6.92 Å². The lowest BCUT2D eigenvalue weighted by atomic mass is 10.1. The number of carbonyl (C=O) groups is 2. The molecule has 0 aromatic heterocycles. The Morgan fingerprint density at radius 2 is 1.36 bits per heavy atom. The van der Waals surface area contributed by atoms with Crippen LogP contribution in [0.25, 0.3) is 0 Å². The second-order valence-corrected chi connectivity index (χ2v) is 6.93. The van der Waals surface area contributed by atoms with E-state index in [1.54, 1.807) is 28.0 Å². The number of rotatable bonds is 2. The van der Waals surface area contributed by atoms with Crippen LogP contribution in [0.1, 0.15) is 26.3 Å². The molecule has 2 aromatic carbocycles. The zero-order chi connectivity index (χ0) is 18.0. The quantitative estimate of drug-likeness (QED) is 0.797. The summed E-state index contributed by atoms with van der Waals surface area (Å²) in [4.78, 5) is 28.8. The summed E-state index contributed by atoms with van der Waals surface area (Å²) in [5.74, 6) is -0.108. The van der Waals surface area contributed by atoms with Crippen molar-refractivity contribution in [3.8, 4) is 0 Å². The maximum Gasteiger partial charge on any atom is 0.254 e. The fourth-order valence-corrected chi connectivity index (χ4v) is 3.48. The van der Waals surface area contributed by atoms with Gasteiger partial charge in [0, 0.05) is 47.4 Å². The van der Waals surface area contributed by atoms with Crippen molar-refractivity contribution >= 4 is 35.0 Å². The first kappa shape index (κ1) is 17.8. The maximum absolute atomic E-state index is 12.6. The van der Waals surface area contributed by atoms with Crippen molar-refractivity contribution in [2.24, 2.45) is 0 Å². The number of hydrogen-bond donors (Lipinski definition) is 0. The van der Waals surface area contributed by atoms with E-state index >= 15 is 0 Å². The van der Waals surface area contributed by atoms with Gasteiger partial charge in [-0.05, 0) is 36.8 Å². The van der Waals surface area contributed by atoms with Gasteiger partial charge in [0.15, 0.2) is 0 Å². The fraction of sp³-hybridized carbons (Fsp3) is 0.263. The van der Waals surface area contributed by atoms with Crippen molar-refractivity contribution in [3.05, 3.63) is 69.2 Å². The lowest BCUT2D eigenvalue weighted by Gasteiger charge is -2.35. The predicted octanol–water partition coefficient (Wildman–Crippen LogP) is 3.90. The topological polar surface area (TPSA) is 40.6 Å². The van der Waals surface area contributed by atoms with Gasteiger partial charge in [0.05, 0.1) is 0 Å². The molecule has 3 rings (SSSR count). The number of amides is 2. The molecule has 0 spiro atoms. The molecular formula is C19H18Cl2N2O2. The summed E-state index contributed by atoms with van der Waals surface area (Å²) in [7, 11) is 0. The van der Waals surface area contributed by atoms with Gasteiger partial charge in [0.2, 0.25) is 0 Å². The van der Waals surface area contributed by atoms with Crippen LogP contribution in [0, 0.1) is 6.92 Å². The largest absolute Gasteiger partial charge is 0.335 e. The molecule has 2 amide bonds. The molecule has 130 valence electrons. The summed E-state index contributed by atoms with van der Waals surface area (Å²) in [6.45, 7) is 3.91. The Morgan fingerprint density at radius 1 is 0.840 bits per heavy atom. The number of piperazine rings is 1. The van der Waals surface area contributed by atoms with E-state index in [2.05, 4.69) is 0 Å². The number of carbonyl (C=O) groups excluding carboxylic acids is 2. The molecule has 0 radical (unpaired) electrons. The lowest BCUT2D eigenvalue weighted by Crippen LogP contribution is -2.50. The minimum atomic E-state index is -0.118. The Balaban J connectivity index is 1.66. The third-order valence-corrected chi connectivity index (χ3v) is 4.78. The average molecular weight is 377 g/mol. The van der Waals surface area contributed by atoms with Gasteiger partial charge >= 0.3 is 0 Å². The Morgan fingerprint density at radius 3 is 1.92 bits per heavy atom. The first-order valence-corrected chi connectivity index (χ1v) is 8.81. The highest BCUT2D eigenvalue weighted by molar-refractivity contribution is 6.35. The van der Waals surface area contributed by atoms with E-state index in [1.807, 2.05) is 31.2 Å². The molecule has 1 aliphatic heterocycles. The van der Waals surface area contributed by atoms with E-state index in [-0.39, 0.29) is 11.8 Å². The molecule has 1 heterocycles. The zero-order valence-corrected chi connectivity index (χ0v) is 15.3. The molecule has 0 aliphatic carbocycles. The van der Waals surface area contributed by atoms with Crippen molar-refractivity contribution in [2.75, 3.05) is 26.2 Å². The number of benzene rings is 2. The third-order valence-electron chi connectivity index (χ3n) is 4.34. The van der Waals surface area contributed by atoms with Crippen LogP contribution >= 0.6 is 23.2 Å². The van der Waals surface area contributed by atoms with E-state index in [9.17, 15) is 9.59 Å². The normalized spacial score (nSPS) is 14.5. The highest BCUT2D eigenvalue weighted by Gasteiger charge is 2.26.